The number of aliphatic hydroxyl groups excluding tert-OH is 1. The molecule has 0 saturated carbocycles. The van der Waals surface area contributed by atoms with Gasteiger partial charge in [0, 0.05) is 60.8 Å². The van der Waals surface area contributed by atoms with Gasteiger partial charge < -0.3 is 20.6 Å². The summed E-state index contributed by atoms with van der Waals surface area (Å²) in [6.45, 7) is 3.66. The van der Waals surface area contributed by atoms with Crippen LogP contribution < -0.4 is 10.6 Å². The zero-order chi connectivity index (χ0) is 24.1. The van der Waals surface area contributed by atoms with Crippen molar-refractivity contribution in [3.63, 3.8) is 0 Å². The lowest BCUT2D eigenvalue weighted by Gasteiger charge is -2.37. The molecule has 0 unspecified atom stereocenters. The smallest absolute Gasteiger partial charge is 0.250 e. The highest BCUT2D eigenvalue weighted by atomic mass is 16.3. The van der Waals surface area contributed by atoms with E-state index in [1.165, 1.54) is 0 Å². The van der Waals surface area contributed by atoms with Gasteiger partial charge in [-0.3, -0.25) is 14.6 Å². The number of benzene rings is 1. The van der Waals surface area contributed by atoms with Crippen molar-refractivity contribution in [1.29, 1.82) is 0 Å². The second-order valence-electron chi connectivity index (χ2n) is 8.45. The Kier molecular flexibility index (Phi) is 7.12. The van der Waals surface area contributed by atoms with Gasteiger partial charge >= 0.3 is 0 Å². The summed E-state index contributed by atoms with van der Waals surface area (Å²) in [6, 6.07) is 13.0. The molecule has 0 aliphatic carbocycles. The predicted octanol–water partition coefficient (Wildman–Crippen LogP) is 3.33. The minimum atomic E-state index is -0.585. The molecular formula is C25H28N6O3. The summed E-state index contributed by atoms with van der Waals surface area (Å²) in [5, 5.41) is 14.9. The number of anilines is 3. The fourth-order valence-corrected chi connectivity index (χ4v) is 4.15. The highest BCUT2D eigenvalue weighted by Crippen LogP contribution is 2.31. The van der Waals surface area contributed by atoms with Gasteiger partial charge in [0.1, 0.15) is 18.2 Å². The van der Waals surface area contributed by atoms with Crippen LogP contribution in [0.3, 0.4) is 0 Å². The number of aliphatic hydroxyl groups is 1. The van der Waals surface area contributed by atoms with E-state index in [4.69, 9.17) is 15.1 Å². The number of carbonyl (C=O) groups is 2. The summed E-state index contributed by atoms with van der Waals surface area (Å²) in [5.74, 6) is 0.865. The first kappa shape index (κ1) is 23.3. The maximum atomic E-state index is 12.1. The van der Waals surface area contributed by atoms with Crippen molar-refractivity contribution in [2.24, 2.45) is 0 Å². The lowest BCUT2D eigenvalue weighted by molar-refractivity contribution is -0.132. The molecule has 3 aromatic rings. The molecule has 2 atom stereocenters. The van der Waals surface area contributed by atoms with Gasteiger partial charge in [-0.2, -0.15) is 0 Å². The van der Waals surface area contributed by atoms with Gasteiger partial charge in [-0.05, 0) is 50.1 Å². The Morgan fingerprint density at radius 1 is 1.12 bits per heavy atom. The first-order chi connectivity index (χ1) is 16.4. The van der Waals surface area contributed by atoms with Crippen molar-refractivity contribution in [1.82, 2.24) is 19.9 Å². The number of likely N-dealkylation sites (tertiary alicyclic amines) is 1. The SMILES string of the molecule is CC(=O)N1C[C@H](c2nc(Nc3cccc(NC(=O)CO)c3)cc(-c3cccnc3)n2)CC[C@@H]1C. The lowest BCUT2D eigenvalue weighted by atomic mass is 9.92. The molecular weight excluding hydrogens is 432 g/mol. The molecule has 0 bridgehead atoms. The Morgan fingerprint density at radius 2 is 1.94 bits per heavy atom. The monoisotopic (exact) mass is 460 g/mol. The number of aromatic nitrogens is 3. The van der Waals surface area contributed by atoms with Gasteiger partial charge in [0.15, 0.2) is 0 Å². The van der Waals surface area contributed by atoms with Gasteiger partial charge in [-0.1, -0.05) is 6.07 Å². The Bertz CT molecular complexity index is 1170. The van der Waals surface area contributed by atoms with E-state index in [0.717, 1.165) is 29.8 Å². The first-order valence-electron chi connectivity index (χ1n) is 11.3. The van der Waals surface area contributed by atoms with E-state index in [2.05, 4.69) is 22.5 Å². The Hall–Kier alpha value is -3.85. The van der Waals surface area contributed by atoms with Crippen molar-refractivity contribution in [2.75, 3.05) is 23.8 Å². The highest BCUT2D eigenvalue weighted by Gasteiger charge is 2.30. The van der Waals surface area contributed by atoms with Gasteiger partial charge in [0.25, 0.3) is 0 Å². The summed E-state index contributed by atoms with van der Waals surface area (Å²) in [5.41, 5.74) is 2.88. The van der Waals surface area contributed by atoms with Crippen molar-refractivity contribution >= 4 is 29.0 Å². The maximum Gasteiger partial charge on any atom is 0.250 e. The fourth-order valence-electron chi connectivity index (χ4n) is 4.15. The van der Waals surface area contributed by atoms with E-state index in [-0.39, 0.29) is 17.9 Å². The third-order valence-corrected chi connectivity index (χ3v) is 5.91. The van der Waals surface area contributed by atoms with Crippen LogP contribution in [-0.4, -0.2) is 56.0 Å². The summed E-state index contributed by atoms with van der Waals surface area (Å²) >= 11 is 0. The number of carbonyl (C=O) groups excluding carboxylic acids is 2. The molecule has 1 aromatic carbocycles. The van der Waals surface area contributed by atoms with Gasteiger partial charge in [0.2, 0.25) is 11.8 Å². The Balaban J connectivity index is 1.67. The van der Waals surface area contributed by atoms with Crippen molar-refractivity contribution in [3.05, 3.63) is 60.7 Å². The number of piperidine rings is 1. The van der Waals surface area contributed by atoms with Crippen LogP contribution in [0.4, 0.5) is 17.2 Å². The molecule has 176 valence electrons. The molecule has 4 rings (SSSR count). The van der Waals surface area contributed by atoms with E-state index >= 15 is 0 Å². The average Bonchev–Trinajstić information content (AvgIpc) is 2.84. The minimum Gasteiger partial charge on any atom is -0.387 e. The zero-order valence-corrected chi connectivity index (χ0v) is 19.2. The second-order valence-corrected chi connectivity index (χ2v) is 8.45. The summed E-state index contributed by atoms with van der Waals surface area (Å²) < 4.78 is 0. The molecule has 1 fully saturated rings. The third-order valence-electron chi connectivity index (χ3n) is 5.91. The normalized spacial score (nSPS) is 17.8. The lowest BCUT2D eigenvalue weighted by Crippen LogP contribution is -2.44. The number of pyridine rings is 1. The quantitative estimate of drug-likeness (QED) is 0.516. The molecule has 9 nitrogen and oxygen atoms in total. The molecule has 34 heavy (non-hydrogen) atoms. The number of hydrogen-bond acceptors (Lipinski definition) is 7. The van der Waals surface area contributed by atoms with Gasteiger partial charge in [-0.25, -0.2) is 9.97 Å². The number of nitrogens with one attached hydrogen (secondary N) is 2. The minimum absolute atomic E-state index is 0.0208. The molecule has 2 aromatic heterocycles. The van der Waals surface area contributed by atoms with Gasteiger partial charge in [-0.15, -0.1) is 0 Å². The van der Waals surface area contributed by atoms with E-state index in [1.807, 2.05) is 29.2 Å². The summed E-state index contributed by atoms with van der Waals surface area (Å²) in [6.07, 6.45) is 5.25. The predicted molar refractivity (Wildman–Crippen MR) is 130 cm³/mol. The average molecular weight is 461 g/mol. The van der Waals surface area contributed by atoms with Crippen LogP contribution in [0, 0.1) is 0 Å². The largest absolute Gasteiger partial charge is 0.387 e. The highest BCUT2D eigenvalue weighted by molar-refractivity contribution is 5.92. The molecule has 0 spiro atoms. The fraction of sp³-hybridized carbons (Fsp3) is 0.320. The van der Waals surface area contributed by atoms with Crippen LogP contribution >= 0.6 is 0 Å². The molecule has 1 aliphatic rings. The third kappa shape index (κ3) is 5.55. The first-order valence-corrected chi connectivity index (χ1v) is 11.3. The van der Waals surface area contributed by atoms with Gasteiger partial charge in [0.05, 0.1) is 5.69 Å². The molecule has 0 radical (unpaired) electrons. The van der Waals surface area contributed by atoms with Crippen molar-refractivity contribution < 1.29 is 14.7 Å². The number of amides is 2. The van der Waals surface area contributed by atoms with E-state index < -0.39 is 12.5 Å². The zero-order valence-electron chi connectivity index (χ0n) is 19.2. The summed E-state index contributed by atoms with van der Waals surface area (Å²) in [7, 11) is 0. The molecule has 3 heterocycles. The summed E-state index contributed by atoms with van der Waals surface area (Å²) in [4.78, 5) is 39.4. The van der Waals surface area contributed by atoms with Crippen LogP contribution in [-0.2, 0) is 9.59 Å². The molecule has 2 amide bonds. The molecule has 1 aliphatic heterocycles. The van der Waals surface area contributed by atoms with Crippen LogP contribution in [0.1, 0.15) is 38.4 Å². The Labute approximate surface area is 198 Å². The number of rotatable bonds is 6. The van der Waals surface area contributed by atoms with Crippen LogP contribution in [0.5, 0.6) is 0 Å². The molecule has 9 heteroatoms. The Morgan fingerprint density at radius 3 is 2.68 bits per heavy atom. The number of nitrogens with zero attached hydrogens (tertiary/aromatic N) is 4. The van der Waals surface area contributed by atoms with Crippen LogP contribution in [0.15, 0.2) is 54.9 Å². The van der Waals surface area contributed by atoms with Crippen molar-refractivity contribution in [3.8, 4) is 11.3 Å². The maximum absolute atomic E-state index is 12.1. The topological polar surface area (TPSA) is 120 Å². The van der Waals surface area contributed by atoms with E-state index in [1.54, 1.807) is 37.5 Å². The number of hydrogen-bond donors (Lipinski definition) is 3. The standard InChI is InChI=1S/C25H28N6O3/c1-16-8-9-19(14-31(16)17(2)33)25-29-22(18-5-4-10-26-13-18)12-23(30-25)27-20-6-3-7-21(11-20)28-24(34)15-32/h3-7,10-13,16,19,32H,8-9,14-15H2,1-2H3,(H,28,34)(H,27,29,30)/t16-,19+/m0/s1. The molecule has 3 N–H and O–H groups in total. The van der Waals surface area contributed by atoms with Crippen LogP contribution in [0.25, 0.3) is 11.3 Å². The van der Waals surface area contributed by atoms with Crippen LogP contribution in [0.2, 0.25) is 0 Å². The van der Waals surface area contributed by atoms with E-state index in [0.29, 0.717) is 23.9 Å². The molecule has 1 saturated heterocycles. The van der Waals surface area contributed by atoms with E-state index in [9.17, 15) is 9.59 Å². The van der Waals surface area contributed by atoms with Crippen molar-refractivity contribution in [2.45, 2.75) is 38.6 Å². The second kappa shape index (κ2) is 10.4.